The van der Waals surface area contributed by atoms with Crippen LogP contribution >= 0.6 is 15.6 Å². The topological polar surface area (TPSA) is 237 Å². The van der Waals surface area contributed by atoms with Crippen molar-refractivity contribution in [3.8, 4) is 0 Å². The van der Waals surface area contributed by atoms with Gasteiger partial charge in [-0.15, -0.1) is 0 Å². The third-order valence-corrected chi connectivity index (χ3v) is 18.6. The van der Waals surface area contributed by atoms with E-state index in [0.29, 0.717) is 43.4 Å². The fraction of sp³-hybridized carbons (Fsp3) is 0.944. The Hall–Kier alpha value is -1.94. The monoisotopic (exact) mass is 1320 g/mol. The molecule has 3 N–H and O–H groups in total. The summed E-state index contributed by atoms with van der Waals surface area (Å²) in [6.07, 6.45) is 43.7. The molecule has 0 fully saturated rings. The van der Waals surface area contributed by atoms with Crippen LogP contribution in [0.4, 0.5) is 0 Å². The van der Waals surface area contributed by atoms with E-state index in [1.807, 2.05) is 0 Å². The van der Waals surface area contributed by atoms with Gasteiger partial charge in [-0.3, -0.25) is 37.3 Å². The molecule has 17 nitrogen and oxygen atoms in total. The molecule has 0 aromatic heterocycles. The van der Waals surface area contributed by atoms with Crippen LogP contribution in [0.1, 0.15) is 351 Å². The second kappa shape index (κ2) is 60.7. The number of carbonyl (C=O) groups is 4. The maximum atomic E-state index is 13.0. The number of hydrogen-bond donors (Lipinski definition) is 3. The molecule has 0 aromatic rings. The van der Waals surface area contributed by atoms with Crippen LogP contribution < -0.4 is 0 Å². The van der Waals surface area contributed by atoms with Gasteiger partial charge in [0.25, 0.3) is 0 Å². The smallest absolute Gasteiger partial charge is 0.462 e. The third kappa shape index (κ3) is 63.5. The van der Waals surface area contributed by atoms with Crippen molar-refractivity contribution in [3.63, 3.8) is 0 Å². The Balaban J connectivity index is 5.11. The fourth-order valence-corrected chi connectivity index (χ4v) is 12.2. The zero-order valence-electron chi connectivity index (χ0n) is 58.8. The van der Waals surface area contributed by atoms with Crippen molar-refractivity contribution in [1.29, 1.82) is 0 Å². The second-order valence-electron chi connectivity index (χ2n) is 27.3. The Morgan fingerprint density at radius 1 is 0.311 bits per heavy atom. The highest BCUT2D eigenvalue weighted by Crippen LogP contribution is 2.45. The van der Waals surface area contributed by atoms with Gasteiger partial charge in [0, 0.05) is 25.7 Å². The van der Waals surface area contributed by atoms with Crippen LogP contribution in [0.3, 0.4) is 0 Å². The first-order valence-corrected chi connectivity index (χ1v) is 39.7. The fourth-order valence-electron chi connectivity index (χ4n) is 10.6. The molecule has 0 heterocycles. The lowest BCUT2D eigenvalue weighted by molar-refractivity contribution is -0.161. The lowest BCUT2D eigenvalue weighted by atomic mass is 9.99. The average molecular weight is 1330 g/mol. The largest absolute Gasteiger partial charge is 0.472 e. The van der Waals surface area contributed by atoms with E-state index in [2.05, 4.69) is 55.4 Å². The quantitative estimate of drug-likeness (QED) is 0.0222. The number of aliphatic hydroxyl groups excluding tert-OH is 1. The van der Waals surface area contributed by atoms with Gasteiger partial charge in [0.15, 0.2) is 12.2 Å². The Labute approximate surface area is 549 Å². The van der Waals surface area contributed by atoms with E-state index < -0.39 is 97.5 Å². The number of hydrogen-bond acceptors (Lipinski definition) is 15. The summed E-state index contributed by atoms with van der Waals surface area (Å²) in [4.78, 5) is 72.4. The summed E-state index contributed by atoms with van der Waals surface area (Å²) in [5.74, 6) is 0.790. The Bertz CT molecular complexity index is 1780. The van der Waals surface area contributed by atoms with Crippen LogP contribution in [0.5, 0.6) is 0 Å². The molecule has 3 unspecified atom stereocenters. The number of rotatable bonds is 68. The lowest BCUT2D eigenvalue weighted by Crippen LogP contribution is -2.30. The minimum Gasteiger partial charge on any atom is -0.462 e. The van der Waals surface area contributed by atoms with Gasteiger partial charge in [-0.05, 0) is 49.4 Å². The molecular formula is C71H138O17P2. The van der Waals surface area contributed by atoms with Crippen LogP contribution in [-0.4, -0.2) is 96.7 Å². The van der Waals surface area contributed by atoms with Crippen molar-refractivity contribution < 1.29 is 80.2 Å². The number of unbranched alkanes of at least 4 members (excludes halogenated alkanes) is 33. The summed E-state index contributed by atoms with van der Waals surface area (Å²) in [6.45, 7) is 14.0. The zero-order chi connectivity index (χ0) is 66.8. The molecule has 0 saturated heterocycles. The first-order valence-electron chi connectivity index (χ1n) is 36.7. The van der Waals surface area contributed by atoms with Gasteiger partial charge in [-0.25, -0.2) is 9.13 Å². The van der Waals surface area contributed by atoms with Gasteiger partial charge < -0.3 is 33.8 Å². The number of ether oxygens (including phenoxy) is 4. The van der Waals surface area contributed by atoms with Gasteiger partial charge in [-0.1, -0.05) is 299 Å². The average Bonchev–Trinajstić information content (AvgIpc) is 3.34. The van der Waals surface area contributed by atoms with Crippen molar-refractivity contribution in [3.05, 3.63) is 0 Å². The highest BCUT2D eigenvalue weighted by molar-refractivity contribution is 7.47. The summed E-state index contributed by atoms with van der Waals surface area (Å²) >= 11 is 0. The highest BCUT2D eigenvalue weighted by Gasteiger charge is 2.30. The van der Waals surface area contributed by atoms with Crippen molar-refractivity contribution in [2.24, 2.45) is 23.7 Å². The molecule has 0 aliphatic rings. The number of phosphoric ester groups is 2. The highest BCUT2D eigenvalue weighted by atomic mass is 31.2. The SMILES string of the molecule is CCC(C)CCCCCCCCCCCCCCCCCCCCC(=O)O[C@H](COC(=O)CCCCCCCCC(C)C)COP(=O)(O)OC[C@H](O)COP(=O)(O)OC[C@@H](COC(=O)CCCCCCCCC(C)C)OC(=O)CCCCCCCCCC(C)C. The Kier molecular flexibility index (Phi) is 59.4. The molecule has 0 amide bonds. The van der Waals surface area contributed by atoms with E-state index in [1.54, 1.807) is 0 Å². The molecule has 0 rings (SSSR count). The van der Waals surface area contributed by atoms with Crippen LogP contribution in [0, 0.1) is 23.7 Å². The lowest BCUT2D eigenvalue weighted by Gasteiger charge is -2.21. The summed E-state index contributed by atoms with van der Waals surface area (Å²) in [5.41, 5.74) is 0. The van der Waals surface area contributed by atoms with Crippen molar-refractivity contribution in [1.82, 2.24) is 0 Å². The predicted molar refractivity (Wildman–Crippen MR) is 363 cm³/mol. The molecule has 0 aliphatic carbocycles. The van der Waals surface area contributed by atoms with Gasteiger partial charge in [-0.2, -0.15) is 0 Å². The van der Waals surface area contributed by atoms with E-state index in [1.165, 1.54) is 141 Å². The molecule has 0 saturated carbocycles. The first-order chi connectivity index (χ1) is 43.1. The van der Waals surface area contributed by atoms with Crippen molar-refractivity contribution >= 4 is 39.5 Å². The summed E-state index contributed by atoms with van der Waals surface area (Å²) in [7, 11) is -9.90. The van der Waals surface area contributed by atoms with Gasteiger partial charge in [0.05, 0.1) is 26.4 Å². The first kappa shape index (κ1) is 88.1. The van der Waals surface area contributed by atoms with Crippen LogP contribution in [0.15, 0.2) is 0 Å². The molecule has 0 radical (unpaired) electrons. The summed E-state index contributed by atoms with van der Waals surface area (Å²) in [5, 5.41) is 10.6. The zero-order valence-corrected chi connectivity index (χ0v) is 60.6. The van der Waals surface area contributed by atoms with Gasteiger partial charge in [0.1, 0.15) is 19.3 Å². The van der Waals surface area contributed by atoms with Gasteiger partial charge >= 0.3 is 39.5 Å². The summed E-state index contributed by atoms with van der Waals surface area (Å²) in [6, 6.07) is 0. The number of esters is 4. The van der Waals surface area contributed by atoms with Crippen molar-refractivity contribution in [2.45, 2.75) is 369 Å². The molecule has 534 valence electrons. The maximum Gasteiger partial charge on any atom is 0.472 e. The molecule has 0 aliphatic heterocycles. The van der Waals surface area contributed by atoms with E-state index >= 15 is 0 Å². The van der Waals surface area contributed by atoms with E-state index in [0.717, 1.165) is 109 Å². The molecule has 0 bridgehead atoms. The van der Waals surface area contributed by atoms with E-state index in [4.69, 9.17) is 37.0 Å². The predicted octanol–water partition coefficient (Wildman–Crippen LogP) is 20.1. The number of carbonyl (C=O) groups excluding carboxylic acids is 4. The minimum atomic E-state index is -4.95. The van der Waals surface area contributed by atoms with Crippen LogP contribution in [0.2, 0.25) is 0 Å². The third-order valence-electron chi connectivity index (χ3n) is 16.7. The van der Waals surface area contributed by atoms with E-state index in [9.17, 15) is 43.2 Å². The normalized spacial score (nSPS) is 14.6. The van der Waals surface area contributed by atoms with Gasteiger partial charge in [0.2, 0.25) is 0 Å². The standard InChI is InChI=1S/C71H138O17P2/c1-9-64(8)50-42-34-24-20-18-16-14-12-10-11-13-15-17-19-21-25-37-45-53-70(75)87-66(57-81-68(73)51-43-35-29-27-32-40-48-62(4)5)59-85-89(77,78)83-55-65(72)56-84-90(79,80)86-60-67(58-82-69(74)52-44-36-30-28-33-41-49-63(6)7)88-71(76)54-46-38-26-22-23-31-39-47-61(2)3/h61-67,72H,9-60H2,1-8H3,(H,77,78)(H,79,80)/t64?,65-,66+,67+/m0/s1. The van der Waals surface area contributed by atoms with Crippen LogP contribution in [-0.2, 0) is 65.4 Å². The number of aliphatic hydroxyl groups is 1. The van der Waals surface area contributed by atoms with Crippen LogP contribution in [0.25, 0.3) is 0 Å². The second-order valence-corrected chi connectivity index (χ2v) is 30.2. The minimum absolute atomic E-state index is 0.102. The molecule has 0 spiro atoms. The Morgan fingerprint density at radius 2 is 0.533 bits per heavy atom. The molecule has 6 atom stereocenters. The summed E-state index contributed by atoms with van der Waals surface area (Å²) < 4.78 is 68.1. The molecular weight excluding hydrogens is 1190 g/mol. The maximum absolute atomic E-state index is 13.0. The molecule has 19 heteroatoms. The van der Waals surface area contributed by atoms with E-state index in [-0.39, 0.29) is 25.7 Å². The Morgan fingerprint density at radius 3 is 0.789 bits per heavy atom. The molecule has 0 aromatic carbocycles. The molecule has 90 heavy (non-hydrogen) atoms. The van der Waals surface area contributed by atoms with Crippen molar-refractivity contribution in [2.75, 3.05) is 39.6 Å². The number of phosphoric acid groups is 2.